The van der Waals surface area contributed by atoms with Gasteiger partial charge in [0.05, 0.1) is 0 Å². The monoisotopic (exact) mass is 274 g/mol. The summed E-state index contributed by atoms with van der Waals surface area (Å²) in [6.07, 6.45) is 1.04. The van der Waals surface area contributed by atoms with Crippen LogP contribution in [0.3, 0.4) is 0 Å². The summed E-state index contributed by atoms with van der Waals surface area (Å²) in [7, 11) is 0. The summed E-state index contributed by atoms with van der Waals surface area (Å²) in [6.45, 7) is 2.74. The summed E-state index contributed by atoms with van der Waals surface area (Å²) in [6, 6.07) is -0.0582. The van der Waals surface area contributed by atoms with Crippen LogP contribution in [0, 0.1) is 10.1 Å². The number of nitrogens with zero attached hydrogens (tertiary/aromatic N) is 1. The first kappa shape index (κ1) is 15.2. The first-order valence-electron chi connectivity index (χ1n) is 6.17. The number of carbonyl (C=O) groups is 2. The summed E-state index contributed by atoms with van der Waals surface area (Å²) in [5, 5.41) is 12.2. The maximum atomic E-state index is 11.7. The number of rotatable bonds is 5. The van der Waals surface area contributed by atoms with Gasteiger partial charge in [0.25, 0.3) is 11.0 Å². The zero-order valence-electron chi connectivity index (χ0n) is 11.0. The highest BCUT2D eigenvalue weighted by atomic mass is 17.0. The minimum Gasteiger partial charge on any atom is -0.453 e. The van der Waals surface area contributed by atoms with Crippen LogP contribution in [-0.4, -0.2) is 35.2 Å². The molecule has 1 saturated carbocycles. The van der Waals surface area contributed by atoms with E-state index in [4.69, 9.17) is 4.74 Å². The normalized spacial score (nSPS) is 24.1. The summed E-state index contributed by atoms with van der Waals surface area (Å²) in [5.41, 5.74) is 0. The smallest absolute Gasteiger partial charge is 0.303 e. The zero-order valence-corrected chi connectivity index (χ0v) is 11.0. The molecule has 1 N–H and O–H groups in total. The lowest BCUT2D eigenvalue weighted by Crippen LogP contribution is -2.44. The molecule has 0 aromatic carbocycles. The minimum absolute atomic E-state index is 0.0582. The Labute approximate surface area is 110 Å². The molecule has 1 fully saturated rings. The van der Waals surface area contributed by atoms with Crippen LogP contribution in [0.25, 0.3) is 0 Å². The molecule has 0 saturated heterocycles. The molecule has 0 aromatic heterocycles. The van der Waals surface area contributed by atoms with Crippen molar-refractivity contribution in [2.45, 2.75) is 57.8 Å². The van der Waals surface area contributed by atoms with Crippen molar-refractivity contribution in [3.63, 3.8) is 0 Å². The quantitative estimate of drug-likeness (QED) is 0.446. The Balaban J connectivity index is 2.30. The van der Waals surface area contributed by atoms with E-state index >= 15 is 0 Å². The second-order valence-electron chi connectivity index (χ2n) is 4.56. The Morgan fingerprint density at radius 3 is 2.37 bits per heavy atom. The number of esters is 1. The predicted octanol–water partition coefficient (Wildman–Crippen LogP) is 0.574. The van der Waals surface area contributed by atoms with Gasteiger partial charge in [-0.2, -0.15) is 0 Å². The van der Waals surface area contributed by atoms with E-state index in [2.05, 4.69) is 10.2 Å². The van der Waals surface area contributed by atoms with Crippen molar-refractivity contribution in [1.82, 2.24) is 5.32 Å². The molecular weight excluding hydrogens is 256 g/mol. The second kappa shape index (κ2) is 6.91. The van der Waals surface area contributed by atoms with Gasteiger partial charge in [0.2, 0.25) is 0 Å². The van der Waals surface area contributed by atoms with Gasteiger partial charge in [0.1, 0.15) is 6.10 Å². The average Bonchev–Trinajstić information content (AvgIpc) is 2.30. The molecule has 1 atom stereocenters. The Hall–Kier alpha value is -1.86. The van der Waals surface area contributed by atoms with E-state index in [0.29, 0.717) is 25.7 Å². The zero-order chi connectivity index (χ0) is 14.4. The van der Waals surface area contributed by atoms with Gasteiger partial charge in [-0.25, -0.2) is 0 Å². The fraction of sp³-hybridized carbons (Fsp3) is 0.818. The van der Waals surface area contributed by atoms with Crippen LogP contribution >= 0.6 is 0 Å². The largest absolute Gasteiger partial charge is 0.453 e. The molecule has 1 rings (SSSR count). The van der Waals surface area contributed by atoms with E-state index in [0.717, 1.165) is 0 Å². The molecular formula is C11H18N2O6. The van der Waals surface area contributed by atoms with Gasteiger partial charge in [-0.05, 0) is 32.6 Å². The molecule has 1 aliphatic rings. The van der Waals surface area contributed by atoms with Crippen LogP contribution < -0.4 is 5.32 Å². The van der Waals surface area contributed by atoms with Crippen molar-refractivity contribution >= 4 is 11.9 Å². The van der Waals surface area contributed by atoms with E-state index < -0.39 is 23.3 Å². The molecule has 0 bridgehead atoms. The molecule has 8 nitrogen and oxygen atoms in total. The van der Waals surface area contributed by atoms with Crippen LogP contribution in [0.1, 0.15) is 39.5 Å². The average molecular weight is 274 g/mol. The van der Waals surface area contributed by atoms with Crippen molar-refractivity contribution in [2.24, 2.45) is 0 Å². The minimum atomic E-state index is -0.828. The highest BCUT2D eigenvalue weighted by Gasteiger charge is 2.26. The van der Waals surface area contributed by atoms with Crippen molar-refractivity contribution in [3.8, 4) is 0 Å². The summed E-state index contributed by atoms with van der Waals surface area (Å²) >= 11 is 0. The molecule has 8 heteroatoms. The molecule has 108 valence electrons. The van der Waals surface area contributed by atoms with Crippen LogP contribution in [0.5, 0.6) is 0 Å². The van der Waals surface area contributed by atoms with Gasteiger partial charge >= 0.3 is 5.97 Å². The molecule has 1 unspecified atom stereocenters. The Kier molecular flexibility index (Phi) is 5.53. The molecule has 0 aliphatic heterocycles. The highest BCUT2D eigenvalue weighted by molar-refractivity contribution is 5.83. The van der Waals surface area contributed by atoms with Gasteiger partial charge in [0.15, 0.2) is 6.10 Å². The SMILES string of the molecule is CC(=O)OC(C)C(=O)NC1CCC(O[N+](=O)[O-])CC1. The van der Waals surface area contributed by atoms with Gasteiger partial charge in [-0.15, -0.1) is 10.1 Å². The van der Waals surface area contributed by atoms with Crippen molar-refractivity contribution < 1.29 is 24.3 Å². The number of carbonyl (C=O) groups excluding carboxylic acids is 2. The summed E-state index contributed by atoms with van der Waals surface area (Å²) < 4.78 is 4.76. The third-order valence-corrected chi connectivity index (χ3v) is 2.97. The number of ether oxygens (including phenoxy) is 1. The van der Waals surface area contributed by atoms with Crippen LogP contribution in [0.4, 0.5) is 0 Å². The predicted molar refractivity (Wildman–Crippen MR) is 63.5 cm³/mol. The van der Waals surface area contributed by atoms with E-state index in [1.807, 2.05) is 0 Å². The second-order valence-corrected chi connectivity index (χ2v) is 4.56. The highest BCUT2D eigenvalue weighted by Crippen LogP contribution is 2.21. The van der Waals surface area contributed by atoms with E-state index in [1.54, 1.807) is 0 Å². The third-order valence-electron chi connectivity index (χ3n) is 2.97. The Morgan fingerprint density at radius 2 is 1.89 bits per heavy atom. The fourth-order valence-corrected chi connectivity index (χ4v) is 2.06. The summed E-state index contributed by atoms with van der Waals surface area (Å²) in [4.78, 5) is 37.1. The topological polar surface area (TPSA) is 108 Å². The van der Waals surface area contributed by atoms with Gasteiger partial charge in [-0.3, -0.25) is 9.59 Å². The van der Waals surface area contributed by atoms with E-state index in [-0.39, 0.29) is 11.9 Å². The van der Waals surface area contributed by atoms with E-state index in [9.17, 15) is 19.7 Å². The van der Waals surface area contributed by atoms with Crippen molar-refractivity contribution in [3.05, 3.63) is 10.1 Å². The van der Waals surface area contributed by atoms with Crippen molar-refractivity contribution in [2.75, 3.05) is 0 Å². The van der Waals surface area contributed by atoms with Crippen LogP contribution in [0.2, 0.25) is 0 Å². The van der Waals surface area contributed by atoms with Crippen molar-refractivity contribution in [1.29, 1.82) is 0 Å². The number of hydrogen-bond acceptors (Lipinski definition) is 6. The van der Waals surface area contributed by atoms with Crippen LogP contribution in [-0.2, 0) is 19.2 Å². The maximum absolute atomic E-state index is 11.7. The molecule has 19 heavy (non-hydrogen) atoms. The first-order chi connectivity index (χ1) is 8.88. The lowest BCUT2D eigenvalue weighted by atomic mass is 9.93. The maximum Gasteiger partial charge on any atom is 0.303 e. The van der Waals surface area contributed by atoms with E-state index in [1.165, 1.54) is 13.8 Å². The summed E-state index contributed by atoms with van der Waals surface area (Å²) in [5.74, 6) is -0.861. The molecule has 1 amide bonds. The van der Waals surface area contributed by atoms with Gasteiger partial charge in [-0.1, -0.05) is 0 Å². The molecule has 1 aliphatic carbocycles. The van der Waals surface area contributed by atoms with Crippen LogP contribution in [0.15, 0.2) is 0 Å². The number of hydrogen-bond donors (Lipinski definition) is 1. The lowest BCUT2D eigenvalue weighted by molar-refractivity contribution is -0.769. The molecule has 0 radical (unpaired) electrons. The number of amides is 1. The fourth-order valence-electron chi connectivity index (χ4n) is 2.06. The lowest BCUT2D eigenvalue weighted by Gasteiger charge is -2.28. The van der Waals surface area contributed by atoms with Gasteiger partial charge in [0, 0.05) is 13.0 Å². The standard InChI is InChI=1S/C11H18N2O6/c1-7(18-8(2)14)11(15)12-9-3-5-10(6-4-9)19-13(16)17/h7,9-10H,3-6H2,1-2H3,(H,12,15). The number of nitrogens with one attached hydrogen (secondary N) is 1. The Bertz CT molecular complexity index is 351. The first-order valence-corrected chi connectivity index (χ1v) is 6.17. The Morgan fingerprint density at radius 1 is 1.32 bits per heavy atom. The van der Waals surface area contributed by atoms with Gasteiger partial charge < -0.3 is 14.9 Å². The molecule has 0 spiro atoms. The molecule has 0 aromatic rings. The molecule has 0 heterocycles. The third kappa shape index (κ3) is 5.54.